The number of nitrogens with zero attached hydrogens (tertiary/aromatic N) is 1. The number of nitrogens with one attached hydrogen (secondary N) is 1. The third-order valence-corrected chi connectivity index (χ3v) is 6.00. The Hall–Kier alpha value is -1.27. The van der Waals surface area contributed by atoms with Gasteiger partial charge in [0, 0.05) is 19.1 Å². The molecule has 5 nitrogen and oxygen atoms in total. The van der Waals surface area contributed by atoms with E-state index in [0.29, 0.717) is 34.1 Å². The Kier molecular flexibility index (Phi) is 8.19. The van der Waals surface area contributed by atoms with Gasteiger partial charge in [-0.25, -0.2) is 4.79 Å². The van der Waals surface area contributed by atoms with Crippen molar-refractivity contribution in [2.24, 2.45) is 11.8 Å². The molecule has 0 aromatic carbocycles. The minimum Gasteiger partial charge on any atom is -0.444 e. The quantitative estimate of drug-likeness (QED) is 0.643. The van der Waals surface area contributed by atoms with Crippen molar-refractivity contribution in [2.75, 3.05) is 13.1 Å². The molecule has 1 fully saturated rings. The maximum atomic E-state index is 12.5. The number of piperidine rings is 1. The topological polar surface area (TPSA) is 58.6 Å². The molecule has 1 saturated heterocycles. The lowest BCUT2D eigenvalue weighted by Gasteiger charge is -2.35. The maximum Gasteiger partial charge on any atom is 0.410 e. The molecule has 1 unspecified atom stereocenters. The number of carbonyl (C=O) groups excluding carboxylic acids is 2. The fourth-order valence-corrected chi connectivity index (χ4v) is 4.50. The van der Waals surface area contributed by atoms with Gasteiger partial charge in [0.05, 0.1) is 9.21 Å². The smallest absolute Gasteiger partial charge is 0.410 e. The zero-order chi connectivity index (χ0) is 20.9. The van der Waals surface area contributed by atoms with Crippen molar-refractivity contribution in [3.05, 3.63) is 21.3 Å². The fourth-order valence-electron chi connectivity index (χ4n) is 3.56. The Morgan fingerprint density at radius 2 is 1.93 bits per heavy atom. The molecule has 1 aliphatic rings. The first-order valence-electron chi connectivity index (χ1n) is 10.1. The van der Waals surface area contributed by atoms with E-state index in [1.54, 1.807) is 17.0 Å². The van der Waals surface area contributed by atoms with Crippen molar-refractivity contribution in [1.29, 1.82) is 0 Å². The molecule has 0 radical (unpaired) electrons. The molecule has 0 spiro atoms. The van der Waals surface area contributed by atoms with Crippen molar-refractivity contribution in [2.45, 2.75) is 71.9 Å². The Morgan fingerprint density at radius 3 is 2.43 bits per heavy atom. The number of rotatable bonds is 6. The van der Waals surface area contributed by atoms with Gasteiger partial charge in [0.15, 0.2) is 0 Å². The van der Waals surface area contributed by atoms with Crippen LogP contribution in [0.5, 0.6) is 0 Å². The highest BCUT2D eigenvalue weighted by Gasteiger charge is 2.29. The van der Waals surface area contributed by atoms with E-state index in [4.69, 9.17) is 16.3 Å². The SMILES string of the molecule is CC(C)CC(CC1CCN(C(=O)OC(C)(C)C)CC1)NC(=O)c1ccc(Cl)s1. The monoisotopic (exact) mass is 428 g/mol. The van der Waals surface area contributed by atoms with E-state index in [1.807, 2.05) is 20.8 Å². The van der Waals surface area contributed by atoms with Gasteiger partial charge in [-0.3, -0.25) is 4.79 Å². The van der Waals surface area contributed by atoms with E-state index >= 15 is 0 Å². The highest BCUT2D eigenvalue weighted by Crippen LogP contribution is 2.26. The second-order valence-corrected chi connectivity index (χ2v) is 10.8. The maximum absolute atomic E-state index is 12.5. The largest absolute Gasteiger partial charge is 0.444 e. The summed E-state index contributed by atoms with van der Waals surface area (Å²) in [7, 11) is 0. The summed E-state index contributed by atoms with van der Waals surface area (Å²) in [6.45, 7) is 11.4. The van der Waals surface area contributed by atoms with E-state index in [1.165, 1.54) is 11.3 Å². The minimum atomic E-state index is -0.467. The Labute approximate surface area is 177 Å². The summed E-state index contributed by atoms with van der Waals surface area (Å²) in [6, 6.07) is 3.66. The molecular formula is C21H33ClN2O3S. The summed E-state index contributed by atoms with van der Waals surface area (Å²) < 4.78 is 6.10. The minimum absolute atomic E-state index is 0.0475. The molecule has 2 rings (SSSR count). The van der Waals surface area contributed by atoms with Gasteiger partial charge in [0.1, 0.15) is 5.60 Å². The first kappa shape index (κ1) is 23.0. The third-order valence-electron chi connectivity index (χ3n) is 4.77. The van der Waals surface area contributed by atoms with Gasteiger partial charge >= 0.3 is 6.09 Å². The second kappa shape index (κ2) is 9.97. The van der Waals surface area contributed by atoms with Crippen molar-refractivity contribution in [3.8, 4) is 0 Å². The number of hydrogen-bond acceptors (Lipinski definition) is 4. The van der Waals surface area contributed by atoms with Crippen LogP contribution in [0.25, 0.3) is 0 Å². The van der Waals surface area contributed by atoms with Gasteiger partial charge in [-0.15, -0.1) is 11.3 Å². The molecule has 0 bridgehead atoms. The molecular weight excluding hydrogens is 396 g/mol. The molecule has 2 heterocycles. The first-order chi connectivity index (χ1) is 13.0. The first-order valence-corrected chi connectivity index (χ1v) is 11.3. The Morgan fingerprint density at radius 1 is 1.29 bits per heavy atom. The van der Waals surface area contributed by atoms with Crippen LogP contribution in [0.4, 0.5) is 4.79 Å². The standard InChI is InChI=1S/C21H33ClN2O3S/c1-14(2)12-16(23-19(25)17-6-7-18(22)28-17)13-15-8-10-24(11-9-15)20(26)27-21(3,4)5/h6-7,14-16H,8-13H2,1-5H3,(H,23,25). The average Bonchev–Trinajstić information content (AvgIpc) is 3.00. The number of likely N-dealkylation sites (tertiary alicyclic amines) is 1. The summed E-state index contributed by atoms with van der Waals surface area (Å²) in [5, 5.41) is 3.20. The number of hydrogen-bond donors (Lipinski definition) is 1. The summed E-state index contributed by atoms with van der Waals surface area (Å²) in [5.74, 6) is 0.947. The molecule has 7 heteroatoms. The van der Waals surface area contributed by atoms with Gasteiger partial charge in [0.2, 0.25) is 0 Å². The van der Waals surface area contributed by atoms with Crippen LogP contribution in [-0.4, -0.2) is 41.6 Å². The molecule has 1 atom stereocenters. The van der Waals surface area contributed by atoms with E-state index < -0.39 is 5.60 Å². The molecule has 2 amide bonds. The van der Waals surface area contributed by atoms with Crippen LogP contribution >= 0.6 is 22.9 Å². The molecule has 28 heavy (non-hydrogen) atoms. The molecule has 1 aromatic rings. The fraction of sp³-hybridized carbons (Fsp3) is 0.714. The second-order valence-electron chi connectivity index (χ2n) is 9.05. The van der Waals surface area contributed by atoms with Gasteiger partial charge in [-0.1, -0.05) is 25.4 Å². The van der Waals surface area contributed by atoms with Crippen LogP contribution in [0.2, 0.25) is 4.34 Å². The van der Waals surface area contributed by atoms with E-state index in [-0.39, 0.29) is 18.0 Å². The lowest BCUT2D eigenvalue weighted by atomic mass is 9.87. The summed E-state index contributed by atoms with van der Waals surface area (Å²) in [5.41, 5.74) is -0.467. The molecule has 158 valence electrons. The zero-order valence-electron chi connectivity index (χ0n) is 17.6. The lowest BCUT2D eigenvalue weighted by molar-refractivity contribution is 0.0177. The molecule has 1 N–H and O–H groups in total. The summed E-state index contributed by atoms with van der Waals surface area (Å²) >= 11 is 7.26. The van der Waals surface area contributed by atoms with Crippen LogP contribution < -0.4 is 5.32 Å². The van der Waals surface area contributed by atoms with Gasteiger partial charge in [-0.05, 0) is 70.4 Å². The predicted octanol–water partition coefficient (Wildman–Crippen LogP) is 5.58. The van der Waals surface area contributed by atoms with Crippen molar-refractivity contribution in [1.82, 2.24) is 10.2 Å². The number of thiophene rings is 1. The van der Waals surface area contributed by atoms with Crippen LogP contribution in [0.3, 0.4) is 0 Å². The highest BCUT2D eigenvalue weighted by atomic mass is 35.5. The Bertz CT molecular complexity index is 661. The van der Waals surface area contributed by atoms with Crippen molar-refractivity contribution in [3.63, 3.8) is 0 Å². The van der Waals surface area contributed by atoms with Gasteiger partial charge in [-0.2, -0.15) is 0 Å². The van der Waals surface area contributed by atoms with Crippen LogP contribution in [0.1, 0.15) is 70.0 Å². The average molecular weight is 429 g/mol. The van der Waals surface area contributed by atoms with E-state index in [9.17, 15) is 9.59 Å². The van der Waals surface area contributed by atoms with Gasteiger partial charge in [0.25, 0.3) is 5.91 Å². The van der Waals surface area contributed by atoms with Gasteiger partial charge < -0.3 is 15.0 Å². The number of ether oxygens (including phenoxy) is 1. The van der Waals surface area contributed by atoms with E-state index in [2.05, 4.69) is 19.2 Å². The number of amides is 2. The third kappa shape index (κ3) is 7.63. The zero-order valence-corrected chi connectivity index (χ0v) is 19.2. The van der Waals surface area contributed by atoms with E-state index in [0.717, 1.165) is 25.7 Å². The van der Waals surface area contributed by atoms with Crippen molar-refractivity contribution >= 4 is 34.9 Å². The Balaban J connectivity index is 1.87. The number of halogens is 1. The molecule has 0 aliphatic carbocycles. The normalized spacial score (nSPS) is 16.9. The summed E-state index contributed by atoms with van der Waals surface area (Å²) in [4.78, 5) is 27.2. The predicted molar refractivity (Wildman–Crippen MR) is 115 cm³/mol. The highest BCUT2D eigenvalue weighted by molar-refractivity contribution is 7.18. The van der Waals surface area contributed by atoms with Crippen LogP contribution in [0, 0.1) is 11.8 Å². The summed E-state index contributed by atoms with van der Waals surface area (Å²) in [6.07, 6.45) is 3.53. The number of carbonyl (C=O) groups is 2. The van der Waals surface area contributed by atoms with Crippen molar-refractivity contribution < 1.29 is 14.3 Å². The van der Waals surface area contributed by atoms with Crippen LogP contribution in [0.15, 0.2) is 12.1 Å². The lowest BCUT2D eigenvalue weighted by Crippen LogP contribution is -2.43. The molecule has 0 saturated carbocycles. The molecule has 1 aliphatic heterocycles. The van der Waals surface area contributed by atoms with Crippen LogP contribution in [-0.2, 0) is 4.74 Å². The molecule has 1 aromatic heterocycles.